The summed E-state index contributed by atoms with van der Waals surface area (Å²) in [6.45, 7) is 3.96. The molecule has 0 spiro atoms. The fraction of sp³-hybridized carbons (Fsp3) is 0.296. The number of aryl methyl sites for hydroxylation is 1. The van der Waals surface area contributed by atoms with Gasteiger partial charge in [-0.05, 0) is 61.7 Å². The lowest BCUT2D eigenvalue weighted by molar-refractivity contribution is -0.129. The summed E-state index contributed by atoms with van der Waals surface area (Å²) >= 11 is 1.54. The number of anilines is 2. The van der Waals surface area contributed by atoms with Crippen molar-refractivity contribution in [2.75, 3.05) is 55.3 Å². The van der Waals surface area contributed by atoms with Gasteiger partial charge in [-0.15, -0.1) is 11.8 Å². The first kappa shape index (κ1) is 25.9. The number of amides is 1. The number of para-hydroxylation sites is 2. The third-order valence-corrected chi connectivity index (χ3v) is 8.84. The van der Waals surface area contributed by atoms with Crippen LogP contribution >= 0.6 is 11.8 Å². The van der Waals surface area contributed by atoms with E-state index in [1.807, 2.05) is 49.6 Å². The van der Waals surface area contributed by atoms with Crippen LogP contribution < -0.4 is 13.9 Å². The lowest BCUT2D eigenvalue weighted by Gasteiger charge is -2.37. The molecule has 36 heavy (non-hydrogen) atoms. The van der Waals surface area contributed by atoms with Crippen molar-refractivity contribution in [1.82, 2.24) is 4.90 Å². The van der Waals surface area contributed by atoms with Crippen molar-refractivity contribution in [3.63, 3.8) is 0 Å². The fourth-order valence-corrected chi connectivity index (χ4v) is 6.03. The maximum Gasteiger partial charge on any atom is 0.264 e. The van der Waals surface area contributed by atoms with Crippen LogP contribution in [0.5, 0.6) is 5.75 Å². The number of sulfonamides is 1. The van der Waals surface area contributed by atoms with Gasteiger partial charge < -0.3 is 14.5 Å². The van der Waals surface area contributed by atoms with Crippen LogP contribution in [0.4, 0.5) is 11.4 Å². The van der Waals surface area contributed by atoms with Gasteiger partial charge in [-0.2, -0.15) is 0 Å². The van der Waals surface area contributed by atoms with Gasteiger partial charge in [-0.25, -0.2) is 8.42 Å². The molecule has 3 aromatic rings. The van der Waals surface area contributed by atoms with Crippen LogP contribution in [0.3, 0.4) is 0 Å². The molecule has 0 aromatic heterocycles. The summed E-state index contributed by atoms with van der Waals surface area (Å²) in [6.07, 6.45) is 1.94. The van der Waals surface area contributed by atoms with E-state index in [4.69, 9.17) is 4.74 Å². The number of thioether (sulfide) groups is 1. The molecule has 1 amide bonds. The van der Waals surface area contributed by atoms with E-state index in [9.17, 15) is 13.2 Å². The number of methoxy groups -OCH3 is 1. The summed E-state index contributed by atoms with van der Waals surface area (Å²) in [5.74, 6) is 0.570. The van der Waals surface area contributed by atoms with E-state index in [1.165, 1.54) is 4.31 Å². The Morgan fingerprint density at radius 3 is 2.19 bits per heavy atom. The van der Waals surface area contributed by atoms with Crippen LogP contribution in [0.1, 0.15) is 5.56 Å². The molecule has 1 fully saturated rings. The van der Waals surface area contributed by atoms with Crippen molar-refractivity contribution in [3.05, 3.63) is 78.4 Å². The molecule has 0 atom stereocenters. The maximum absolute atomic E-state index is 13.7. The molecule has 1 aliphatic heterocycles. The molecule has 1 heterocycles. The smallest absolute Gasteiger partial charge is 0.264 e. The number of nitrogens with zero attached hydrogens (tertiary/aromatic N) is 3. The Balaban J connectivity index is 1.53. The van der Waals surface area contributed by atoms with Crippen LogP contribution in [0.2, 0.25) is 0 Å². The van der Waals surface area contributed by atoms with E-state index >= 15 is 0 Å². The molecule has 1 aliphatic rings. The van der Waals surface area contributed by atoms with Crippen molar-refractivity contribution >= 4 is 39.1 Å². The average molecular weight is 526 g/mol. The number of rotatable bonds is 8. The minimum atomic E-state index is -3.94. The number of hydrogen-bond donors (Lipinski definition) is 0. The Morgan fingerprint density at radius 2 is 1.58 bits per heavy atom. The quantitative estimate of drug-likeness (QED) is 0.409. The van der Waals surface area contributed by atoms with Gasteiger partial charge in [-0.1, -0.05) is 29.8 Å². The van der Waals surface area contributed by atoms with Gasteiger partial charge in [0.2, 0.25) is 5.91 Å². The van der Waals surface area contributed by atoms with Crippen LogP contribution in [0.15, 0.2) is 82.6 Å². The van der Waals surface area contributed by atoms with Crippen molar-refractivity contribution in [3.8, 4) is 5.75 Å². The highest BCUT2D eigenvalue weighted by molar-refractivity contribution is 7.98. The third-order valence-electron chi connectivity index (χ3n) is 6.31. The van der Waals surface area contributed by atoms with E-state index in [2.05, 4.69) is 4.90 Å². The number of piperazine rings is 1. The number of carbonyl (C=O) groups is 1. The van der Waals surface area contributed by atoms with Gasteiger partial charge >= 0.3 is 0 Å². The third kappa shape index (κ3) is 5.63. The molecule has 0 aliphatic carbocycles. The van der Waals surface area contributed by atoms with E-state index in [0.29, 0.717) is 31.9 Å². The van der Waals surface area contributed by atoms with Gasteiger partial charge in [0.05, 0.1) is 23.4 Å². The molecule has 0 N–H and O–H groups in total. The van der Waals surface area contributed by atoms with Gasteiger partial charge in [0, 0.05) is 31.1 Å². The largest absolute Gasteiger partial charge is 0.495 e. The van der Waals surface area contributed by atoms with Gasteiger partial charge in [0.1, 0.15) is 12.3 Å². The van der Waals surface area contributed by atoms with Crippen LogP contribution in [0, 0.1) is 6.92 Å². The molecule has 190 valence electrons. The van der Waals surface area contributed by atoms with Crippen molar-refractivity contribution in [2.45, 2.75) is 16.7 Å². The Hall–Kier alpha value is -3.17. The van der Waals surface area contributed by atoms with E-state index < -0.39 is 10.0 Å². The molecule has 0 unspecified atom stereocenters. The first-order valence-corrected chi connectivity index (χ1v) is 14.4. The molecule has 7 nitrogen and oxygen atoms in total. The first-order chi connectivity index (χ1) is 17.3. The zero-order chi connectivity index (χ0) is 25.7. The number of ether oxygens (including phenoxy) is 1. The van der Waals surface area contributed by atoms with E-state index in [0.717, 1.165) is 21.9 Å². The molecule has 1 saturated heterocycles. The summed E-state index contributed by atoms with van der Waals surface area (Å²) in [5, 5.41) is 0. The zero-order valence-electron chi connectivity index (χ0n) is 20.8. The number of carbonyl (C=O) groups excluding carboxylic acids is 1. The monoisotopic (exact) mass is 525 g/mol. The first-order valence-electron chi connectivity index (χ1n) is 11.7. The lowest BCUT2D eigenvalue weighted by Crippen LogP contribution is -2.52. The van der Waals surface area contributed by atoms with Crippen molar-refractivity contribution in [2.24, 2.45) is 0 Å². The summed E-state index contributed by atoms with van der Waals surface area (Å²) < 4.78 is 34.0. The molecule has 4 rings (SSSR count). The Labute approximate surface area is 217 Å². The zero-order valence-corrected chi connectivity index (χ0v) is 22.4. The molecule has 9 heteroatoms. The van der Waals surface area contributed by atoms with Gasteiger partial charge in [0.25, 0.3) is 10.0 Å². The predicted octanol–water partition coefficient (Wildman–Crippen LogP) is 4.27. The normalized spacial score (nSPS) is 14.0. The number of benzene rings is 3. The number of hydrogen-bond acceptors (Lipinski definition) is 6. The summed E-state index contributed by atoms with van der Waals surface area (Å²) in [6, 6.07) is 21.8. The Kier molecular flexibility index (Phi) is 8.11. The molecule has 0 radical (unpaired) electrons. The van der Waals surface area contributed by atoms with E-state index in [-0.39, 0.29) is 17.3 Å². The molecular weight excluding hydrogens is 494 g/mol. The Bertz CT molecular complexity index is 1290. The molecule has 0 saturated carbocycles. The summed E-state index contributed by atoms with van der Waals surface area (Å²) in [4.78, 5) is 18.4. The SMILES string of the molecule is COc1ccccc1N1CCN(C(=O)CN(c2ccc(C)cc2)S(=O)(=O)c2ccc(SC)cc2)CC1. The van der Waals surface area contributed by atoms with Crippen LogP contribution in [0.25, 0.3) is 0 Å². The standard InChI is InChI=1S/C27H31N3O4S2/c1-21-8-10-22(11-9-21)30(36(32,33)24-14-12-23(35-3)13-15-24)20-27(31)29-18-16-28(17-19-29)25-6-4-5-7-26(25)34-2/h4-15H,16-20H2,1-3H3. The van der Waals surface area contributed by atoms with Gasteiger partial charge in [0.15, 0.2) is 0 Å². The molecule has 3 aromatic carbocycles. The minimum Gasteiger partial charge on any atom is -0.495 e. The highest BCUT2D eigenvalue weighted by atomic mass is 32.2. The lowest BCUT2D eigenvalue weighted by atomic mass is 10.2. The summed E-state index contributed by atoms with van der Waals surface area (Å²) in [5.41, 5.74) is 2.47. The fourth-order valence-electron chi connectivity index (χ4n) is 4.21. The van der Waals surface area contributed by atoms with Crippen molar-refractivity contribution < 1.29 is 17.9 Å². The molecular formula is C27H31N3O4S2. The van der Waals surface area contributed by atoms with Crippen LogP contribution in [-0.2, 0) is 14.8 Å². The minimum absolute atomic E-state index is 0.162. The average Bonchev–Trinajstić information content (AvgIpc) is 2.92. The second kappa shape index (κ2) is 11.3. The highest BCUT2D eigenvalue weighted by Crippen LogP contribution is 2.29. The van der Waals surface area contributed by atoms with Gasteiger partial charge in [-0.3, -0.25) is 9.10 Å². The Morgan fingerprint density at radius 1 is 0.944 bits per heavy atom. The summed E-state index contributed by atoms with van der Waals surface area (Å²) in [7, 11) is -2.29. The second-order valence-corrected chi connectivity index (χ2v) is 11.3. The molecule has 0 bridgehead atoms. The van der Waals surface area contributed by atoms with Crippen LogP contribution in [-0.4, -0.2) is 65.3 Å². The second-order valence-electron chi connectivity index (χ2n) is 8.56. The predicted molar refractivity (Wildman–Crippen MR) is 146 cm³/mol. The maximum atomic E-state index is 13.7. The highest BCUT2D eigenvalue weighted by Gasteiger charge is 2.30. The topological polar surface area (TPSA) is 70.2 Å². The van der Waals surface area contributed by atoms with Crippen molar-refractivity contribution in [1.29, 1.82) is 0 Å². The van der Waals surface area contributed by atoms with E-state index in [1.54, 1.807) is 60.2 Å².